The molecule has 1 aliphatic heterocycles. The lowest BCUT2D eigenvalue weighted by atomic mass is 9.99. The largest absolute Gasteiger partial charge is 0.316 e. The summed E-state index contributed by atoms with van der Waals surface area (Å²) in [5.74, 6) is 0.591. The molecule has 0 radical (unpaired) electrons. The van der Waals surface area contributed by atoms with Gasteiger partial charge in [0.05, 0.1) is 6.07 Å². The van der Waals surface area contributed by atoms with Crippen LogP contribution in [0.25, 0.3) is 0 Å². The van der Waals surface area contributed by atoms with E-state index in [1.807, 2.05) is 12.1 Å². The summed E-state index contributed by atoms with van der Waals surface area (Å²) in [6.07, 6.45) is 6.04. The lowest BCUT2D eigenvalue weighted by Crippen LogP contribution is -2.28. The van der Waals surface area contributed by atoms with Crippen LogP contribution in [0, 0.1) is 17.2 Å². The number of rotatable bonds is 1. The fraction of sp³-hybridized carbons (Fsp3) is 0.625. The van der Waals surface area contributed by atoms with Gasteiger partial charge >= 0.3 is 0 Å². The molecule has 1 atom stereocenters. The fourth-order valence-electron chi connectivity index (χ4n) is 1.22. The molecule has 1 fully saturated rings. The molecule has 0 spiro atoms. The Morgan fingerprint density at radius 2 is 2.50 bits per heavy atom. The molecule has 54 valence electrons. The SMILES string of the molecule is N#CC=CC1CCCNC1. The van der Waals surface area contributed by atoms with E-state index in [1.165, 1.54) is 12.8 Å². The second-order valence-electron chi connectivity index (χ2n) is 2.59. The summed E-state index contributed by atoms with van der Waals surface area (Å²) >= 11 is 0. The average Bonchev–Trinajstić information content (AvgIpc) is 2.03. The van der Waals surface area contributed by atoms with Crippen molar-refractivity contribution in [2.24, 2.45) is 5.92 Å². The molecule has 0 bridgehead atoms. The van der Waals surface area contributed by atoms with E-state index in [0.29, 0.717) is 5.92 Å². The van der Waals surface area contributed by atoms with Crippen LogP contribution in [0.3, 0.4) is 0 Å². The van der Waals surface area contributed by atoms with Crippen LogP contribution < -0.4 is 5.32 Å². The van der Waals surface area contributed by atoms with E-state index in [9.17, 15) is 0 Å². The quantitative estimate of drug-likeness (QED) is 0.547. The number of allylic oxidation sites excluding steroid dienone is 1. The number of hydrogen-bond donors (Lipinski definition) is 1. The molecule has 1 aliphatic rings. The first-order valence-electron chi connectivity index (χ1n) is 3.70. The van der Waals surface area contributed by atoms with Crippen LogP contribution in [-0.2, 0) is 0 Å². The lowest BCUT2D eigenvalue weighted by molar-refractivity contribution is 0.438. The summed E-state index contributed by atoms with van der Waals surface area (Å²) in [4.78, 5) is 0. The zero-order chi connectivity index (χ0) is 7.23. The van der Waals surface area contributed by atoms with Gasteiger partial charge < -0.3 is 5.32 Å². The van der Waals surface area contributed by atoms with E-state index >= 15 is 0 Å². The van der Waals surface area contributed by atoms with Crippen molar-refractivity contribution >= 4 is 0 Å². The number of nitrogens with zero attached hydrogens (tertiary/aromatic N) is 1. The van der Waals surface area contributed by atoms with Crippen LogP contribution in [-0.4, -0.2) is 13.1 Å². The van der Waals surface area contributed by atoms with E-state index in [4.69, 9.17) is 5.26 Å². The minimum Gasteiger partial charge on any atom is -0.316 e. The second kappa shape index (κ2) is 4.08. The summed E-state index contributed by atoms with van der Waals surface area (Å²) < 4.78 is 0. The molecular formula is C8H12N2. The number of hydrogen-bond acceptors (Lipinski definition) is 2. The number of nitriles is 1. The monoisotopic (exact) mass is 136 g/mol. The van der Waals surface area contributed by atoms with Gasteiger partial charge in [-0.1, -0.05) is 6.08 Å². The molecule has 1 N–H and O–H groups in total. The average molecular weight is 136 g/mol. The molecule has 0 aromatic rings. The third kappa shape index (κ3) is 2.20. The molecule has 2 nitrogen and oxygen atoms in total. The molecule has 10 heavy (non-hydrogen) atoms. The number of piperidine rings is 1. The van der Waals surface area contributed by atoms with Crippen LogP contribution >= 0.6 is 0 Å². The fourth-order valence-corrected chi connectivity index (χ4v) is 1.22. The van der Waals surface area contributed by atoms with Gasteiger partial charge in [-0.25, -0.2) is 0 Å². The van der Waals surface area contributed by atoms with E-state index in [1.54, 1.807) is 6.08 Å². The maximum Gasteiger partial charge on any atom is 0.0908 e. The van der Waals surface area contributed by atoms with Crippen molar-refractivity contribution in [3.63, 3.8) is 0 Å². The predicted molar refractivity (Wildman–Crippen MR) is 40.3 cm³/mol. The zero-order valence-electron chi connectivity index (χ0n) is 6.01. The van der Waals surface area contributed by atoms with Gasteiger partial charge in [0.25, 0.3) is 0 Å². The lowest BCUT2D eigenvalue weighted by Gasteiger charge is -2.18. The third-order valence-corrected chi connectivity index (χ3v) is 1.78. The maximum absolute atomic E-state index is 8.24. The van der Waals surface area contributed by atoms with Crippen LogP contribution in [0.15, 0.2) is 12.2 Å². The van der Waals surface area contributed by atoms with Gasteiger partial charge in [0.15, 0.2) is 0 Å². The van der Waals surface area contributed by atoms with Gasteiger partial charge in [0.1, 0.15) is 0 Å². The molecule has 1 unspecified atom stereocenters. The molecule has 1 rings (SSSR count). The summed E-state index contributed by atoms with van der Waals surface area (Å²) in [7, 11) is 0. The number of nitrogens with one attached hydrogen (secondary N) is 1. The van der Waals surface area contributed by atoms with Gasteiger partial charge in [0.2, 0.25) is 0 Å². The van der Waals surface area contributed by atoms with Gasteiger partial charge in [0, 0.05) is 12.6 Å². The predicted octanol–water partition coefficient (Wildman–Crippen LogP) is 1.07. The Bertz CT molecular complexity index is 149. The summed E-state index contributed by atoms with van der Waals surface area (Å²) in [6.45, 7) is 2.18. The first-order chi connectivity index (χ1) is 4.93. The molecule has 0 aliphatic carbocycles. The van der Waals surface area contributed by atoms with Crippen LogP contribution in [0.4, 0.5) is 0 Å². The topological polar surface area (TPSA) is 35.8 Å². The van der Waals surface area contributed by atoms with E-state index in [-0.39, 0.29) is 0 Å². The van der Waals surface area contributed by atoms with Crippen LogP contribution in [0.2, 0.25) is 0 Å². The zero-order valence-corrected chi connectivity index (χ0v) is 6.01. The Morgan fingerprint density at radius 3 is 3.10 bits per heavy atom. The molecular weight excluding hydrogens is 124 g/mol. The Labute approximate surface area is 61.5 Å². The molecule has 0 amide bonds. The minimum atomic E-state index is 0.591. The van der Waals surface area contributed by atoms with E-state index in [0.717, 1.165) is 13.1 Å². The normalized spacial score (nSPS) is 26.5. The van der Waals surface area contributed by atoms with Crippen molar-refractivity contribution in [1.29, 1.82) is 5.26 Å². The van der Waals surface area contributed by atoms with Gasteiger partial charge in [-0.2, -0.15) is 5.26 Å². The molecule has 1 heterocycles. The van der Waals surface area contributed by atoms with Gasteiger partial charge in [-0.05, 0) is 25.3 Å². The van der Waals surface area contributed by atoms with Crippen molar-refractivity contribution in [2.45, 2.75) is 12.8 Å². The highest BCUT2D eigenvalue weighted by Gasteiger charge is 2.08. The van der Waals surface area contributed by atoms with Crippen LogP contribution in [0.1, 0.15) is 12.8 Å². The van der Waals surface area contributed by atoms with E-state index in [2.05, 4.69) is 5.32 Å². The van der Waals surface area contributed by atoms with Crippen molar-refractivity contribution in [3.05, 3.63) is 12.2 Å². The second-order valence-corrected chi connectivity index (χ2v) is 2.59. The van der Waals surface area contributed by atoms with Gasteiger partial charge in [-0.15, -0.1) is 0 Å². The van der Waals surface area contributed by atoms with E-state index < -0.39 is 0 Å². The molecule has 1 saturated heterocycles. The Morgan fingerprint density at radius 1 is 1.60 bits per heavy atom. The Kier molecular flexibility index (Phi) is 2.98. The minimum absolute atomic E-state index is 0.591. The summed E-state index contributed by atoms with van der Waals surface area (Å²) in [5.41, 5.74) is 0. The molecule has 0 aromatic heterocycles. The smallest absolute Gasteiger partial charge is 0.0908 e. The van der Waals surface area contributed by atoms with Crippen molar-refractivity contribution in [3.8, 4) is 6.07 Å². The van der Waals surface area contributed by atoms with Crippen LogP contribution in [0.5, 0.6) is 0 Å². The van der Waals surface area contributed by atoms with Crippen molar-refractivity contribution < 1.29 is 0 Å². The first kappa shape index (κ1) is 7.30. The highest BCUT2D eigenvalue weighted by molar-refractivity contribution is 5.04. The molecule has 0 saturated carbocycles. The summed E-state index contributed by atoms with van der Waals surface area (Å²) in [6, 6.07) is 2.01. The molecule has 2 heteroatoms. The van der Waals surface area contributed by atoms with Crippen molar-refractivity contribution in [2.75, 3.05) is 13.1 Å². The summed E-state index contributed by atoms with van der Waals surface area (Å²) in [5, 5.41) is 11.5. The Balaban J connectivity index is 2.27. The highest BCUT2D eigenvalue weighted by atomic mass is 14.9. The first-order valence-corrected chi connectivity index (χ1v) is 3.70. The third-order valence-electron chi connectivity index (χ3n) is 1.78. The van der Waals surface area contributed by atoms with Gasteiger partial charge in [-0.3, -0.25) is 0 Å². The standard InChI is InChI=1S/C8H12N2/c9-5-1-3-8-4-2-6-10-7-8/h1,3,8,10H,2,4,6-7H2. The van der Waals surface area contributed by atoms with Crippen molar-refractivity contribution in [1.82, 2.24) is 5.32 Å². The Hall–Kier alpha value is -0.810. The highest BCUT2D eigenvalue weighted by Crippen LogP contribution is 2.10. The molecule has 0 aromatic carbocycles. The maximum atomic E-state index is 8.24.